The van der Waals surface area contributed by atoms with Crippen LogP contribution in [0.5, 0.6) is 0 Å². The summed E-state index contributed by atoms with van der Waals surface area (Å²) in [4.78, 5) is 23.8. The number of allylic oxidation sites excluding steroid dienone is 1. The fourth-order valence-corrected chi connectivity index (χ4v) is 1.93. The number of nitrogens with one attached hydrogen (secondary N) is 2. The fourth-order valence-electron chi connectivity index (χ4n) is 1.93. The van der Waals surface area contributed by atoms with Crippen molar-refractivity contribution in [3.8, 4) is 0 Å². The minimum absolute atomic E-state index is 0.203. The van der Waals surface area contributed by atoms with Gasteiger partial charge in [-0.2, -0.15) is 0 Å². The van der Waals surface area contributed by atoms with E-state index in [4.69, 9.17) is 4.74 Å². The summed E-state index contributed by atoms with van der Waals surface area (Å²) in [5.74, 6) is -0.851. The molecule has 1 fully saturated rings. The zero-order valence-corrected chi connectivity index (χ0v) is 10.7. The Morgan fingerprint density at radius 2 is 2.00 bits per heavy atom. The van der Waals surface area contributed by atoms with Crippen LogP contribution < -0.4 is 10.6 Å². The number of esters is 1. The molecule has 2 N–H and O–H groups in total. The molecule has 5 nitrogen and oxygen atoms in total. The first-order valence-corrected chi connectivity index (χ1v) is 6.14. The average Bonchev–Trinajstić information content (AvgIpc) is 2.98. The minimum atomic E-state index is -0.534. The van der Waals surface area contributed by atoms with Crippen molar-refractivity contribution in [2.24, 2.45) is 0 Å². The molecule has 5 heteroatoms. The predicted molar refractivity (Wildman–Crippen MR) is 70.2 cm³/mol. The van der Waals surface area contributed by atoms with Crippen molar-refractivity contribution < 1.29 is 14.3 Å². The molecular weight excluding hydrogens is 244 g/mol. The number of amides is 1. The summed E-state index contributed by atoms with van der Waals surface area (Å²) in [6, 6.07) is 8.75. The van der Waals surface area contributed by atoms with Crippen LogP contribution in [0.15, 0.2) is 41.7 Å². The van der Waals surface area contributed by atoms with Crippen LogP contribution in [0.2, 0.25) is 0 Å². The van der Waals surface area contributed by atoms with Gasteiger partial charge in [0.25, 0.3) is 5.91 Å². The third-order valence-electron chi connectivity index (χ3n) is 2.91. The average molecular weight is 260 g/mol. The van der Waals surface area contributed by atoms with Gasteiger partial charge in [-0.15, -0.1) is 0 Å². The zero-order valence-electron chi connectivity index (χ0n) is 10.7. The van der Waals surface area contributed by atoms with E-state index in [1.807, 2.05) is 6.07 Å². The highest BCUT2D eigenvalue weighted by molar-refractivity contribution is 6.01. The molecule has 0 atom stereocenters. The van der Waals surface area contributed by atoms with Crippen molar-refractivity contribution >= 4 is 11.9 Å². The lowest BCUT2D eigenvalue weighted by molar-refractivity contribution is -0.136. The number of carbonyl (C=O) groups is 2. The lowest BCUT2D eigenvalue weighted by Gasteiger charge is -2.11. The number of hydrogen-bond acceptors (Lipinski definition) is 4. The van der Waals surface area contributed by atoms with Gasteiger partial charge in [0, 0.05) is 17.8 Å². The summed E-state index contributed by atoms with van der Waals surface area (Å²) < 4.78 is 4.71. The van der Waals surface area contributed by atoms with E-state index in [0.717, 1.165) is 25.1 Å². The summed E-state index contributed by atoms with van der Waals surface area (Å²) >= 11 is 0. The molecule has 2 rings (SSSR count). The van der Waals surface area contributed by atoms with Gasteiger partial charge in [0.2, 0.25) is 0 Å². The van der Waals surface area contributed by atoms with Gasteiger partial charge in [-0.05, 0) is 25.0 Å². The predicted octanol–water partition coefficient (Wildman–Crippen LogP) is 1.18. The summed E-state index contributed by atoms with van der Waals surface area (Å²) in [6.45, 7) is 0.803. The molecule has 19 heavy (non-hydrogen) atoms. The highest BCUT2D eigenvalue weighted by Gasteiger charge is 2.21. The SMILES string of the molecule is COC(=O)/C(NC(=O)c1ccccc1)=C1\CCCN1. The number of benzene rings is 1. The van der Waals surface area contributed by atoms with Gasteiger partial charge in [0.15, 0.2) is 0 Å². The van der Waals surface area contributed by atoms with E-state index >= 15 is 0 Å². The lowest BCUT2D eigenvalue weighted by Crippen LogP contribution is -2.31. The van der Waals surface area contributed by atoms with E-state index in [-0.39, 0.29) is 11.6 Å². The second kappa shape index (κ2) is 6.04. The smallest absolute Gasteiger partial charge is 0.356 e. The maximum atomic E-state index is 12.1. The first-order valence-electron chi connectivity index (χ1n) is 6.14. The van der Waals surface area contributed by atoms with Gasteiger partial charge in [-0.1, -0.05) is 18.2 Å². The Hall–Kier alpha value is -2.30. The Kier molecular flexibility index (Phi) is 4.18. The number of hydrogen-bond donors (Lipinski definition) is 2. The Morgan fingerprint density at radius 1 is 1.26 bits per heavy atom. The fraction of sp³-hybridized carbons (Fsp3) is 0.286. The van der Waals surface area contributed by atoms with Gasteiger partial charge in [-0.3, -0.25) is 4.79 Å². The van der Waals surface area contributed by atoms with Crippen LogP contribution >= 0.6 is 0 Å². The summed E-state index contributed by atoms with van der Waals surface area (Å²) in [7, 11) is 1.30. The molecule has 0 aliphatic carbocycles. The third-order valence-corrected chi connectivity index (χ3v) is 2.91. The van der Waals surface area contributed by atoms with Crippen LogP contribution in [-0.4, -0.2) is 25.5 Å². The van der Waals surface area contributed by atoms with Gasteiger partial charge >= 0.3 is 5.97 Å². The van der Waals surface area contributed by atoms with E-state index < -0.39 is 5.97 Å². The molecule has 0 bridgehead atoms. The van der Waals surface area contributed by atoms with E-state index in [1.165, 1.54) is 7.11 Å². The summed E-state index contributed by atoms with van der Waals surface area (Å²) in [5, 5.41) is 5.72. The topological polar surface area (TPSA) is 67.4 Å². The Labute approximate surface area is 111 Å². The molecule has 1 aromatic carbocycles. The molecule has 0 saturated carbocycles. The van der Waals surface area contributed by atoms with Crippen molar-refractivity contribution in [2.45, 2.75) is 12.8 Å². The quantitative estimate of drug-likeness (QED) is 0.632. The standard InChI is InChI=1S/C14H16N2O3/c1-19-14(18)12(11-8-5-9-15-11)16-13(17)10-6-3-2-4-7-10/h2-4,6-7,15H,5,8-9H2,1H3,(H,16,17)/b12-11-. The molecule has 100 valence electrons. The monoisotopic (exact) mass is 260 g/mol. The van der Waals surface area contributed by atoms with Crippen LogP contribution in [0.1, 0.15) is 23.2 Å². The largest absolute Gasteiger partial charge is 0.464 e. The second-order valence-corrected chi connectivity index (χ2v) is 4.20. The van der Waals surface area contributed by atoms with E-state index in [1.54, 1.807) is 24.3 Å². The maximum Gasteiger partial charge on any atom is 0.356 e. The first-order chi connectivity index (χ1) is 9.22. The van der Waals surface area contributed by atoms with Crippen LogP contribution in [0.25, 0.3) is 0 Å². The van der Waals surface area contributed by atoms with Gasteiger partial charge in [0.05, 0.1) is 7.11 Å². The number of carbonyl (C=O) groups excluding carboxylic acids is 2. The van der Waals surface area contributed by atoms with Crippen LogP contribution in [0, 0.1) is 0 Å². The van der Waals surface area contributed by atoms with Crippen molar-refractivity contribution in [3.05, 3.63) is 47.3 Å². The van der Waals surface area contributed by atoms with E-state index in [2.05, 4.69) is 10.6 Å². The highest BCUT2D eigenvalue weighted by Crippen LogP contribution is 2.14. The molecule has 1 amide bonds. The van der Waals surface area contributed by atoms with Gasteiger partial charge in [-0.25, -0.2) is 4.79 Å². The number of methoxy groups -OCH3 is 1. The van der Waals surface area contributed by atoms with Crippen molar-refractivity contribution in [1.29, 1.82) is 0 Å². The van der Waals surface area contributed by atoms with Gasteiger partial charge in [0.1, 0.15) is 5.70 Å². The van der Waals surface area contributed by atoms with Crippen molar-refractivity contribution in [1.82, 2.24) is 10.6 Å². The molecule has 1 aliphatic heterocycles. The Morgan fingerprint density at radius 3 is 2.58 bits per heavy atom. The molecule has 0 spiro atoms. The molecule has 1 aliphatic rings. The molecule has 1 heterocycles. The van der Waals surface area contributed by atoms with Crippen LogP contribution in [0.3, 0.4) is 0 Å². The minimum Gasteiger partial charge on any atom is -0.464 e. The van der Waals surface area contributed by atoms with Crippen LogP contribution in [-0.2, 0) is 9.53 Å². The maximum absolute atomic E-state index is 12.1. The molecule has 0 aromatic heterocycles. The molecule has 0 unspecified atom stereocenters. The molecule has 0 radical (unpaired) electrons. The molecule has 1 saturated heterocycles. The number of ether oxygens (including phenoxy) is 1. The van der Waals surface area contributed by atoms with E-state index in [0.29, 0.717) is 5.56 Å². The summed E-state index contributed by atoms with van der Waals surface area (Å²) in [5.41, 5.74) is 1.44. The highest BCUT2D eigenvalue weighted by atomic mass is 16.5. The van der Waals surface area contributed by atoms with Gasteiger partial charge < -0.3 is 15.4 Å². The zero-order chi connectivity index (χ0) is 13.7. The number of rotatable bonds is 3. The normalized spacial score (nSPS) is 16.5. The van der Waals surface area contributed by atoms with E-state index in [9.17, 15) is 9.59 Å². The van der Waals surface area contributed by atoms with Crippen molar-refractivity contribution in [2.75, 3.05) is 13.7 Å². The Bertz CT molecular complexity index is 501. The molecular formula is C14H16N2O3. The molecule has 1 aromatic rings. The Balaban J connectivity index is 2.20. The van der Waals surface area contributed by atoms with Crippen LogP contribution in [0.4, 0.5) is 0 Å². The third kappa shape index (κ3) is 3.13. The summed E-state index contributed by atoms with van der Waals surface area (Å²) in [6.07, 6.45) is 1.68. The second-order valence-electron chi connectivity index (χ2n) is 4.20. The lowest BCUT2D eigenvalue weighted by atomic mass is 10.2. The first kappa shape index (κ1) is 13.1. The van der Waals surface area contributed by atoms with Crippen molar-refractivity contribution in [3.63, 3.8) is 0 Å².